The van der Waals surface area contributed by atoms with E-state index >= 15 is 8.78 Å². The van der Waals surface area contributed by atoms with Crippen molar-refractivity contribution in [1.82, 2.24) is 34.5 Å². The van der Waals surface area contributed by atoms with Crippen LogP contribution in [0.1, 0.15) is 39.8 Å². The van der Waals surface area contributed by atoms with Gasteiger partial charge in [0.15, 0.2) is 0 Å². The molecule has 2 saturated heterocycles. The fourth-order valence-electron chi connectivity index (χ4n) is 5.82. The van der Waals surface area contributed by atoms with E-state index in [1.54, 1.807) is 23.0 Å². The van der Waals surface area contributed by atoms with E-state index in [1.165, 1.54) is 36.5 Å². The molecule has 2 fully saturated rings. The van der Waals surface area contributed by atoms with Crippen LogP contribution in [0.15, 0.2) is 67.0 Å². The van der Waals surface area contributed by atoms with Crippen LogP contribution in [0.2, 0.25) is 0 Å². The minimum atomic E-state index is -1.08. The Morgan fingerprint density at radius 1 is 0.960 bits per heavy atom. The van der Waals surface area contributed by atoms with Gasteiger partial charge in [0, 0.05) is 42.5 Å². The van der Waals surface area contributed by atoms with Crippen LogP contribution in [0.3, 0.4) is 0 Å². The molecular formula is C35H28F3N7O5. The quantitative estimate of drug-likeness (QED) is 0.189. The van der Waals surface area contributed by atoms with E-state index in [1.807, 2.05) is 4.57 Å². The summed E-state index contributed by atoms with van der Waals surface area (Å²) in [5.41, 5.74) is 2.21. The number of nitrogens with zero attached hydrogens (tertiary/aromatic N) is 7. The third-order valence-electron chi connectivity index (χ3n) is 8.81. The first-order valence-electron chi connectivity index (χ1n) is 15.9. The van der Waals surface area contributed by atoms with Gasteiger partial charge < -0.3 is 23.9 Å². The van der Waals surface area contributed by atoms with Crippen LogP contribution in [0.25, 0.3) is 33.7 Å². The summed E-state index contributed by atoms with van der Waals surface area (Å²) in [6.45, 7) is 1.90. The second-order valence-corrected chi connectivity index (χ2v) is 12.1. The molecule has 1 atom stereocenters. The Bertz CT molecular complexity index is 2250. The van der Waals surface area contributed by atoms with Gasteiger partial charge in [-0.2, -0.15) is 0 Å². The molecule has 8 rings (SSSR count). The maximum Gasteiger partial charge on any atom is 0.335 e. The highest BCUT2D eigenvalue weighted by atomic mass is 19.1. The van der Waals surface area contributed by atoms with Crippen molar-refractivity contribution in [2.45, 2.75) is 38.1 Å². The number of carbonyl (C=O) groups is 1. The van der Waals surface area contributed by atoms with Crippen molar-refractivity contribution < 1.29 is 37.3 Å². The largest absolute Gasteiger partial charge is 0.478 e. The third-order valence-corrected chi connectivity index (χ3v) is 8.81. The number of aromatic nitrogens is 7. The average Bonchev–Trinajstić information content (AvgIpc) is 3.67. The molecule has 0 spiro atoms. The van der Waals surface area contributed by atoms with Crippen molar-refractivity contribution in [3.63, 3.8) is 0 Å². The number of carboxylic acids is 1. The summed E-state index contributed by atoms with van der Waals surface area (Å²) in [6, 6.07) is 12.7. The first-order chi connectivity index (χ1) is 24.3. The maximum absolute atomic E-state index is 15.6. The summed E-state index contributed by atoms with van der Waals surface area (Å²) >= 11 is 0. The first-order valence-corrected chi connectivity index (χ1v) is 15.9. The van der Waals surface area contributed by atoms with Crippen LogP contribution in [0.4, 0.5) is 13.2 Å². The third kappa shape index (κ3) is 6.16. The average molecular weight is 684 g/mol. The van der Waals surface area contributed by atoms with Crippen LogP contribution >= 0.6 is 0 Å². The molecule has 2 aliphatic heterocycles. The van der Waals surface area contributed by atoms with Gasteiger partial charge >= 0.3 is 5.97 Å². The van der Waals surface area contributed by atoms with E-state index in [2.05, 4.69) is 25.3 Å². The number of benzene rings is 2. The normalized spacial score (nSPS) is 15.9. The zero-order valence-corrected chi connectivity index (χ0v) is 26.3. The Balaban J connectivity index is 0.991. The van der Waals surface area contributed by atoms with Gasteiger partial charge in [-0.25, -0.2) is 32.6 Å². The predicted molar refractivity (Wildman–Crippen MR) is 171 cm³/mol. The number of imidazole rings is 1. The van der Waals surface area contributed by atoms with Crippen LogP contribution in [0.5, 0.6) is 5.88 Å². The van der Waals surface area contributed by atoms with Gasteiger partial charge in [-0.1, -0.05) is 11.3 Å². The molecule has 0 radical (unpaired) electrons. The Morgan fingerprint density at radius 3 is 2.54 bits per heavy atom. The van der Waals surface area contributed by atoms with E-state index in [4.69, 9.17) is 14.2 Å². The molecule has 0 amide bonds. The SMILES string of the molecule is O=C(O)c1ccc2nc(Cc3cc(F)c(-c4cccc(OCc5cnc(-c6cn(C7COC7)nn6)cc5F)n4)cc3F)n(C[C@@H]3CCO3)c2c1. The van der Waals surface area contributed by atoms with Crippen molar-refractivity contribution >= 4 is 17.0 Å². The number of fused-ring (bicyclic) bond motifs is 1. The van der Waals surface area contributed by atoms with Gasteiger partial charge in [0.05, 0.1) is 60.0 Å². The molecular weight excluding hydrogens is 655 g/mol. The summed E-state index contributed by atoms with van der Waals surface area (Å²) in [7, 11) is 0. The summed E-state index contributed by atoms with van der Waals surface area (Å²) in [4.78, 5) is 24.9. The van der Waals surface area contributed by atoms with Gasteiger partial charge in [-0.3, -0.25) is 4.98 Å². The molecule has 0 saturated carbocycles. The molecule has 254 valence electrons. The number of hydrogen-bond acceptors (Lipinski definition) is 9. The zero-order valence-electron chi connectivity index (χ0n) is 26.3. The highest BCUT2D eigenvalue weighted by molar-refractivity contribution is 5.92. The van der Waals surface area contributed by atoms with E-state index in [0.717, 1.165) is 18.6 Å². The Morgan fingerprint density at radius 2 is 1.80 bits per heavy atom. The number of carboxylic acid groups (broad SMARTS) is 1. The lowest BCUT2D eigenvalue weighted by Crippen LogP contribution is -2.31. The summed E-state index contributed by atoms with van der Waals surface area (Å²) in [5.74, 6) is -2.50. The van der Waals surface area contributed by atoms with Gasteiger partial charge in [0.1, 0.15) is 41.6 Å². The van der Waals surface area contributed by atoms with Crippen molar-refractivity contribution in [1.29, 1.82) is 0 Å². The molecule has 4 aromatic heterocycles. The highest BCUT2D eigenvalue weighted by Gasteiger charge is 2.25. The fourth-order valence-corrected chi connectivity index (χ4v) is 5.82. The van der Waals surface area contributed by atoms with Gasteiger partial charge in [-0.15, -0.1) is 5.10 Å². The monoisotopic (exact) mass is 683 g/mol. The summed E-state index contributed by atoms with van der Waals surface area (Å²) < 4.78 is 66.1. The molecule has 15 heteroatoms. The molecule has 2 aliphatic rings. The standard InChI is InChI=1S/C35H28F3N7O5/c36-25-11-24(27(38)8-20(25)10-33-40-29-5-4-19(35(46)47)9-32(29)44(33)14-23-6-7-49-23)28-2-1-3-34(41-28)50-16-21-13-39-30(12-26(21)37)31-15-45(43-42-31)22-17-48-18-22/h1-5,8-9,11-13,15,22-23H,6-7,10,14,16-18H2,(H,46,47)/t23-/m0/s1. The topological polar surface area (TPSA) is 139 Å². The minimum absolute atomic E-state index is 0.0459. The van der Waals surface area contributed by atoms with E-state index in [9.17, 15) is 14.3 Å². The first kappa shape index (κ1) is 31.6. The molecule has 0 aliphatic carbocycles. The second kappa shape index (κ2) is 13.0. The second-order valence-electron chi connectivity index (χ2n) is 12.1. The van der Waals surface area contributed by atoms with E-state index in [0.29, 0.717) is 54.6 Å². The lowest BCUT2D eigenvalue weighted by Gasteiger charge is -2.27. The van der Waals surface area contributed by atoms with Crippen LogP contribution < -0.4 is 4.74 Å². The number of ether oxygens (including phenoxy) is 3. The molecule has 12 nitrogen and oxygen atoms in total. The van der Waals surface area contributed by atoms with Crippen molar-refractivity contribution in [2.75, 3.05) is 19.8 Å². The molecule has 50 heavy (non-hydrogen) atoms. The van der Waals surface area contributed by atoms with E-state index < -0.39 is 23.4 Å². The molecule has 6 aromatic rings. The minimum Gasteiger partial charge on any atom is -0.478 e. The lowest BCUT2D eigenvalue weighted by atomic mass is 10.0. The molecule has 2 aromatic carbocycles. The van der Waals surface area contributed by atoms with Crippen LogP contribution in [-0.2, 0) is 29.0 Å². The van der Waals surface area contributed by atoms with Crippen LogP contribution in [0, 0.1) is 17.5 Å². The van der Waals surface area contributed by atoms with Crippen molar-refractivity contribution in [2.24, 2.45) is 0 Å². The number of rotatable bonds is 11. The zero-order chi connectivity index (χ0) is 34.4. The van der Waals surface area contributed by atoms with Crippen molar-refractivity contribution in [3.05, 3.63) is 107 Å². The van der Waals surface area contributed by atoms with Gasteiger partial charge in [-0.05, 0) is 48.4 Å². The Labute approximate surface area is 282 Å². The highest BCUT2D eigenvalue weighted by Crippen LogP contribution is 2.29. The van der Waals surface area contributed by atoms with Crippen LogP contribution in [-0.4, -0.2) is 71.5 Å². The smallest absolute Gasteiger partial charge is 0.335 e. The number of pyridine rings is 2. The predicted octanol–water partition coefficient (Wildman–Crippen LogP) is 5.40. The van der Waals surface area contributed by atoms with E-state index in [-0.39, 0.29) is 59.0 Å². The summed E-state index contributed by atoms with van der Waals surface area (Å²) in [5, 5.41) is 17.6. The molecule has 0 bridgehead atoms. The molecule has 0 unspecified atom stereocenters. The number of halogens is 3. The van der Waals surface area contributed by atoms with Gasteiger partial charge in [0.2, 0.25) is 5.88 Å². The number of hydrogen-bond donors (Lipinski definition) is 1. The Hall–Kier alpha value is -5.67. The Kier molecular flexibility index (Phi) is 8.20. The lowest BCUT2D eigenvalue weighted by molar-refractivity contribution is -0.0589. The molecule has 6 heterocycles. The maximum atomic E-state index is 15.6. The van der Waals surface area contributed by atoms with Crippen molar-refractivity contribution in [3.8, 4) is 28.5 Å². The van der Waals surface area contributed by atoms with Gasteiger partial charge in [0.25, 0.3) is 0 Å². The number of aromatic carboxylic acids is 1. The fraction of sp³-hybridized carbons (Fsp3) is 0.257. The summed E-state index contributed by atoms with van der Waals surface area (Å²) in [6.07, 6.45) is 3.72. The molecule has 1 N–H and O–H groups in total.